The Balaban J connectivity index is 2.71. The minimum absolute atomic E-state index is 0.0107. The Kier molecular flexibility index (Phi) is 4.84. The van der Waals surface area contributed by atoms with Crippen LogP contribution in [0.5, 0.6) is 0 Å². The maximum Gasteiger partial charge on any atom is 0.416 e. The van der Waals surface area contributed by atoms with Gasteiger partial charge in [0.25, 0.3) is 0 Å². The van der Waals surface area contributed by atoms with Crippen LogP contribution in [0.2, 0.25) is 0 Å². The van der Waals surface area contributed by atoms with E-state index in [4.69, 9.17) is 16.3 Å². The largest absolute Gasteiger partial charge is 0.445 e. The van der Waals surface area contributed by atoms with Crippen molar-refractivity contribution < 1.29 is 22.7 Å². The maximum absolute atomic E-state index is 12.4. The van der Waals surface area contributed by atoms with Gasteiger partial charge in [0.15, 0.2) is 0 Å². The molecule has 3 nitrogen and oxygen atoms in total. The van der Waals surface area contributed by atoms with E-state index >= 15 is 0 Å². The molecule has 0 heterocycles. The van der Waals surface area contributed by atoms with Crippen molar-refractivity contribution in [2.45, 2.75) is 19.2 Å². The zero-order valence-corrected chi connectivity index (χ0v) is 10.2. The number of alkyl halides is 4. The van der Waals surface area contributed by atoms with Gasteiger partial charge in [-0.3, -0.25) is 5.32 Å². The molecular weight excluding hydrogens is 271 g/mol. The minimum Gasteiger partial charge on any atom is -0.445 e. The van der Waals surface area contributed by atoms with Gasteiger partial charge >= 0.3 is 12.3 Å². The number of carbonyl (C=O) groups excluding carboxylic acids is 1. The molecule has 1 rings (SSSR count). The van der Waals surface area contributed by atoms with E-state index < -0.39 is 23.9 Å². The number of rotatable bonds is 3. The van der Waals surface area contributed by atoms with E-state index in [-0.39, 0.29) is 11.6 Å². The van der Waals surface area contributed by atoms with Crippen LogP contribution in [0.3, 0.4) is 0 Å². The first-order valence-corrected chi connectivity index (χ1v) is 5.57. The molecule has 1 N–H and O–H groups in total. The summed E-state index contributed by atoms with van der Waals surface area (Å²) in [6.07, 6.45) is -5.81. The average molecular weight is 282 g/mol. The number of ether oxygens (including phenoxy) is 1. The zero-order valence-electron chi connectivity index (χ0n) is 9.42. The maximum atomic E-state index is 12.4. The van der Waals surface area contributed by atoms with Crippen molar-refractivity contribution in [2.75, 3.05) is 11.2 Å². The lowest BCUT2D eigenvalue weighted by Gasteiger charge is -2.12. The molecule has 1 amide bonds. The highest BCUT2D eigenvalue weighted by molar-refractivity contribution is 6.18. The molecule has 100 valence electrons. The fraction of sp³-hybridized carbons (Fsp3) is 0.364. The monoisotopic (exact) mass is 281 g/mol. The highest BCUT2D eigenvalue weighted by Gasteiger charge is 2.30. The van der Waals surface area contributed by atoms with Crippen molar-refractivity contribution in [3.8, 4) is 0 Å². The third-order valence-electron chi connectivity index (χ3n) is 1.96. The third kappa shape index (κ3) is 4.44. The molecule has 0 saturated carbocycles. The lowest BCUT2D eigenvalue weighted by Crippen LogP contribution is -2.21. The van der Waals surface area contributed by atoms with Crippen LogP contribution in [-0.2, 0) is 10.9 Å². The summed E-state index contributed by atoms with van der Waals surface area (Å²) < 4.78 is 42.0. The van der Waals surface area contributed by atoms with Gasteiger partial charge in [-0.15, -0.1) is 11.6 Å². The van der Waals surface area contributed by atoms with Gasteiger partial charge in [-0.25, -0.2) is 4.79 Å². The molecule has 0 aliphatic heterocycles. The molecule has 0 radical (unpaired) electrons. The fourth-order valence-corrected chi connectivity index (χ4v) is 1.20. The topological polar surface area (TPSA) is 38.3 Å². The molecule has 1 aromatic rings. The van der Waals surface area contributed by atoms with E-state index in [1.165, 1.54) is 12.1 Å². The zero-order chi connectivity index (χ0) is 13.8. The molecule has 0 spiro atoms. The lowest BCUT2D eigenvalue weighted by molar-refractivity contribution is -0.137. The number of nitrogens with one attached hydrogen (secondary N) is 1. The summed E-state index contributed by atoms with van der Waals surface area (Å²) in [5, 5.41) is 2.20. The first-order valence-electron chi connectivity index (χ1n) is 5.04. The molecular formula is C11H11ClF3NO2. The molecule has 0 fully saturated rings. The van der Waals surface area contributed by atoms with Crippen molar-refractivity contribution in [3.05, 3.63) is 29.8 Å². The van der Waals surface area contributed by atoms with Crippen LogP contribution in [0.4, 0.5) is 23.7 Å². The molecule has 0 aliphatic rings. The van der Waals surface area contributed by atoms with Crippen LogP contribution in [0.15, 0.2) is 24.3 Å². The Bertz CT molecular complexity index is 423. The van der Waals surface area contributed by atoms with Gasteiger partial charge < -0.3 is 4.74 Å². The molecule has 1 atom stereocenters. The SMILES string of the molecule is CC(CCl)OC(=O)Nc1cccc(C(F)(F)F)c1. The Hall–Kier alpha value is -1.43. The van der Waals surface area contributed by atoms with Crippen molar-refractivity contribution in [2.24, 2.45) is 0 Å². The first kappa shape index (κ1) is 14.6. The first-order chi connectivity index (χ1) is 8.32. The number of halogens is 4. The third-order valence-corrected chi connectivity index (χ3v) is 2.40. The van der Waals surface area contributed by atoms with E-state index in [2.05, 4.69) is 5.32 Å². The molecule has 18 heavy (non-hydrogen) atoms. The van der Waals surface area contributed by atoms with Gasteiger partial charge in [-0.2, -0.15) is 13.2 Å². The van der Waals surface area contributed by atoms with Gasteiger partial charge in [0, 0.05) is 5.69 Å². The van der Waals surface area contributed by atoms with Gasteiger partial charge in [0.2, 0.25) is 0 Å². The normalized spacial score (nSPS) is 12.9. The van der Waals surface area contributed by atoms with E-state index in [0.717, 1.165) is 12.1 Å². The highest BCUT2D eigenvalue weighted by atomic mass is 35.5. The number of amides is 1. The van der Waals surface area contributed by atoms with Gasteiger partial charge in [0.05, 0.1) is 11.4 Å². The summed E-state index contributed by atoms with van der Waals surface area (Å²) in [5.41, 5.74) is -0.831. The quantitative estimate of drug-likeness (QED) is 0.854. The standard InChI is InChI=1S/C11H11ClF3NO2/c1-7(6-12)18-10(17)16-9-4-2-3-8(5-9)11(13,14)15/h2-5,7H,6H2,1H3,(H,16,17). The predicted molar refractivity (Wildman–Crippen MR) is 61.7 cm³/mol. The van der Waals surface area contributed by atoms with E-state index in [9.17, 15) is 18.0 Å². The number of hydrogen-bond acceptors (Lipinski definition) is 2. The highest BCUT2D eigenvalue weighted by Crippen LogP contribution is 2.30. The van der Waals surface area contributed by atoms with Crippen molar-refractivity contribution in [3.63, 3.8) is 0 Å². The van der Waals surface area contributed by atoms with E-state index in [1.54, 1.807) is 6.92 Å². The second kappa shape index (κ2) is 5.95. The molecule has 0 aliphatic carbocycles. The van der Waals surface area contributed by atoms with Crippen LogP contribution < -0.4 is 5.32 Å². The Labute approximate surface area is 107 Å². The van der Waals surface area contributed by atoms with Crippen LogP contribution in [0, 0.1) is 0 Å². The van der Waals surface area contributed by atoms with E-state index in [0.29, 0.717) is 0 Å². The molecule has 1 unspecified atom stereocenters. The number of hydrogen-bond donors (Lipinski definition) is 1. The Morgan fingerprint density at radius 2 is 2.17 bits per heavy atom. The van der Waals surface area contributed by atoms with Crippen molar-refractivity contribution >= 4 is 23.4 Å². The van der Waals surface area contributed by atoms with Crippen LogP contribution in [0.1, 0.15) is 12.5 Å². The summed E-state index contributed by atoms with van der Waals surface area (Å²) in [6, 6.07) is 4.27. The van der Waals surface area contributed by atoms with Crippen LogP contribution in [-0.4, -0.2) is 18.1 Å². The average Bonchev–Trinajstić information content (AvgIpc) is 2.27. The van der Waals surface area contributed by atoms with Crippen LogP contribution >= 0.6 is 11.6 Å². The van der Waals surface area contributed by atoms with Crippen molar-refractivity contribution in [1.29, 1.82) is 0 Å². The number of anilines is 1. The van der Waals surface area contributed by atoms with Crippen LogP contribution in [0.25, 0.3) is 0 Å². The second-order valence-corrected chi connectivity index (χ2v) is 3.88. The number of carbonyl (C=O) groups is 1. The Morgan fingerprint density at radius 3 is 2.72 bits per heavy atom. The summed E-state index contributed by atoms with van der Waals surface area (Å²) in [5.74, 6) is 0.107. The van der Waals surface area contributed by atoms with Gasteiger partial charge in [0.1, 0.15) is 6.10 Å². The van der Waals surface area contributed by atoms with Gasteiger partial charge in [-0.05, 0) is 25.1 Å². The molecule has 0 bridgehead atoms. The molecule has 7 heteroatoms. The summed E-state index contributed by atoms with van der Waals surface area (Å²) in [6.45, 7) is 1.57. The molecule has 0 saturated heterocycles. The van der Waals surface area contributed by atoms with E-state index in [1.807, 2.05) is 0 Å². The van der Waals surface area contributed by atoms with Gasteiger partial charge in [-0.1, -0.05) is 6.07 Å². The molecule has 0 aromatic heterocycles. The smallest absolute Gasteiger partial charge is 0.416 e. The van der Waals surface area contributed by atoms with Crippen molar-refractivity contribution in [1.82, 2.24) is 0 Å². The number of benzene rings is 1. The lowest BCUT2D eigenvalue weighted by atomic mass is 10.2. The minimum atomic E-state index is -4.45. The fourth-order valence-electron chi connectivity index (χ4n) is 1.13. The Morgan fingerprint density at radius 1 is 1.50 bits per heavy atom. The summed E-state index contributed by atoms with van der Waals surface area (Å²) in [4.78, 5) is 11.3. The summed E-state index contributed by atoms with van der Waals surface area (Å²) in [7, 11) is 0. The summed E-state index contributed by atoms with van der Waals surface area (Å²) >= 11 is 5.43. The second-order valence-electron chi connectivity index (χ2n) is 3.57. The predicted octanol–water partition coefficient (Wildman–Crippen LogP) is 3.88. The molecule has 1 aromatic carbocycles.